The molecule has 0 bridgehead atoms. The molecule has 3 saturated heterocycles. The van der Waals surface area contributed by atoms with Gasteiger partial charge in [-0.2, -0.15) is 0 Å². The van der Waals surface area contributed by atoms with E-state index in [1.54, 1.807) is 13.8 Å². The van der Waals surface area contributed by atoms with Crippen molar-refractivity contribution in [1.82, 2.24) is 0 Å². The van der Waals surface area contributed by atoms with Gasteiger partial charge in [0, 0.05) is 0 Å². The third-order valence-corrected chi connectivity index (χ3v) is 17.3. The molecule has 0 aromatic carbocycles. The van der Waals surface area contributed by atoms with E-state index in [0.717, 1.165) is 25.7 Å². The number of hydrogen-bond acceptors (Lipinski definition) is 14. The average molecular weight is 801 g/mol. The first-order chi connectivity index (χ1) is 25.9. The number of ether oxygens (including phenoxy) is 5. The van der Waals surface area contributed by atoms with Crippen LogP contribution >= 0.6 is 0 Å². The largest absolute Gasteiger partial charge is 0.394 e. The van der Waals surface area contributed by atoms with Crippen LogP contribution in [0.3, 0.4) is 0 Å². The van der Waals surface area contributed by atoms with Gasteiger partial charge in [0.1, 0.15) is 42.7 Å². The molecule has 14 nitrogen and oxygen atoms in total. The van der Waals surface area contributed by atoms with E-state index >= 15 is 0 Å². The smallest absolute Gasteiger partial charge is 0.187 e. The SMILES string of the molecule is C[C@@H]1O[C@@H](O[C@H]2[C@H](O)[C@@H](O)[C@H](OC3CC4(C)C(CC(O)C5C(C6(C)CC[C@H](C(C)(C)O)O6)CCC54C)C4(C)CCC(O)C(C)(C)C34)O[C@@H]2CO)[C@H](O)[C@H](O)[C@H]1O. The van der Waals surface area contributed by atoms with Crippen molar-refractivity contribution in [3.63, 3.8) is 0 Å². The Kier molecular flexibility index (Phi) is 11.3. The van der Waals surface area contributed by atoms with E-state index < -0.39 is 108 Å². The minimum Gasteiger partial charge on any atom is -0.394 e. The van der Waals surface area contributed by atoms with Crippen molar-refractivity contribution >= 4 is 0 Å². The first-order valence-corrected chi connectivity index (χ1v) is 21.2. The van der Waals surface area contributed by atoms with Crippen LogP contribution in [-0.2, 0) is 23.7 Å². The standard InChI is InChI=1S/C42H72O14/c1-19-28(46)29(47)31(49)35(52-19)55-33-23(18-43)54-36(32(50)30(33)48)53-22-17-41(8)24(39(6)13-11-25(45)37(2,3)34(22)39)16-21(44)27-20(10-14-40(27,41)7)42(9)15-12-26(56-42)38(4,5)51/h19-36,43-51H,10-18H2,1-9H3/t19-,20?,21?,22?,23+,24?,25?,26+,27?,28-,29+,30+,31+,32+,33+,34?,35-,36+,39?,40?,41?,42?/m0/s1. The van der Waals surface area contributed by atoms with Crippen LogP contribution in [0.15, 0.2) is 0 Å². The molecule has 3 aliphatic heterocycles. The van der Waals surface area contributed by atoms with Crippen molar-refractivity contribution in [1.29, 1.82) is 0 Å². The molecule has 0 spiro atoms. The van der Waals surface area contributed by atoms with Crippen LogP contribution in [-0.4, -0.2) is 150 Å². The molecule has 9 N–H and O–H groups in total. The third-order valence-electron chi connectivity index (χ3n) is 17.3. The lowest BCUT2D eigenvalue weighted by molar-refractivity contribution is -0.372. The number of hydrogen-bond donors (Lipinski definition) is 9. The zero-order chi connectivity index (χ0) is 41.3. The molecule has 324 valence electrons. The number of rotatable bonds is 7. The topological polar surface area (TPSA) is 228 Å². The fourth-order valence-electron chi connectivity index (χ4n) is 14.1. The van der Waals surface area contributed by atoms with E-state index in [1.807, 2.05) is 0 Å². The Morgan fingerprint density at radius 3 is 2.00 bits per heavy atom. The van der Waals surface area contributed by atoms with Gasteiger partial charge < -0.3 is 69.6 Å². The molecule has 4 saturated carbocycles. The number of aliphatic hydroxyl groups excluding tert-OH is 8. The molecule has 7 rings (SSSR count). The zero-order valence-corrected chi connectivity index (χ0v) is 34.8. The minimum absolute atomic E-state index is 0.0714. The molecular weight excluding hydrogens is 728 g/mol. The molecule has 3 heterocycles. The highest BCUT2D eigenvalue weighted by molar-refractivity contribution is 5.22. The summed E-state index contributed by atoms with van der Waals surface area (Å²) in [6, 6.07) is 0. The second-order valence-corrected chi connectivity index (χ2v) is 21.2. The van der Waals surface area contributed by atoms with E-state index in [1.165, 1.54) is 6.92 Å². The van der Waals surface area contributed by atoms with Crippen molar-refractivity contribution in [3.8, 4) is 0 Å². The van der Waals surface area contributed by atoms with Crippen molar-refractivity contribution in [2.45, 2.75) is 211 Å². The summed E-state index contributed by atoms with van der Waals surface area (Å²) in [4.78, 5) is 0. The van der Waals surface area contributed by atoms with Gasteiger partial charge in [-0.05, 0) is 124 Å². The number of aliphatic hydroxyl groups is 9. The van der Waals surface area contributed by atoms with Gasteiger partial charge in [0.05, 0.1) is 48.3 Å². The summed E-state index contributed by atoms with van der Waals surface area (Å²) in [7, 11) is 0. The maximum absolute atomic E-state index is 12.4. The van der Waals surface area contributed by atoms with Gasteiger partial charge in [0.2, 0.25) is 0 Å². The van der Waals surface area contributed by atoms with E-state index in [2.05, 4.69) is 41.5 Å². The molecule has 4 aliphatic carbocycles. The summed E-state index contributed by atoms with van der Waals surface area (Å²) in [5.41, 5.74) is -3.23. The maximum atomic E-state index is 12.4. The Morgan fingerprint density at radius 2 is 1.38 bits per heavy atom. The molecule has 0 aromatic rings. The van der Waals surface area contributed by atoms with Gasteiger partial charge in [-0.3, -0.25) is 0 Å². The van der Waals surface area contributed by atoms with Gasteiger partial charge in [-0.1, -0.05) is 34.6 Å². The molecular formula is C42H72O14. The lowest BCUT2D eigenvalue weighted by Gasteiger charge is -2.72. The van der Waals surface area contributed by atoms with Crippen molar-refractivity contribution in [2.24, 2.45) is 45.3 Å². The zero-order valence-electron chi connectivity index (χ0n) is 34.8. The highest BCUT2D eigenvalue weighted by Crippen LogP contribution is 2.76. The van der Waals surface area contributed by atoms with Crippen LogP contribution in [0.4, 0.5) is 0 Å². The van der Waals surface area contributed by atoms with Crippen molar-refractivity contribution < 1.29 is 69.6 Å². The van der Waals surface area contributed by atoms with Gasteiger partial charge in [0.25, 0.3) is 0 Å². The second kappa shape index (κ2) is 14.5. The van der Waals surface area contributed by atoms with E-state index in [4.69, 9.17) is 23.7 Å². The molecule has 0 radical (unpaired) electrons. The van der Waals surface area contributed by atoms with Crippen LogP contribution in [0.2, 0.25) is 0 Å². The van der Waals surface area contributed by atoms with E-state index in [0.29, 0.717) is 25.7 Å². The Hall–Kier alpha value is -0.560. The van der Waals surface area contributed by atoms with Gasteiger partial charge in [0.15, 0.2) is 12.6 Å². The predicted molar refractivity (Wildman–Crippen MR) is 200 cm³/mol. The fourth-order valence-corrected chi connectivity index (χ4v) is 14.1. The second-order valence-electron chi connectivity index (χ2n) is 21.2. The number of fused-ring (bicyclic) bond motifs is 5. The summed E-state index contributed by atoms with van der Waals surface area (Å²) < 4.78 is 31.4. The van der Waals surface area contributed by atoms with Crippen LogP contribution in [0, 0.1) is 45.3 Å². The molecule has 11 unspecified atom stereocenters. The lowest BCUT2D eigenvalue weighted by Crippen LogP contribution is -2.71. The van der Waals surface area contributed by atoms with Gasteiger partial charge in [-0.25, -0.2) is 0 Å². The molecule has 0 amide bonds. The first-order valence-electron chi connectivity index (χ1n) is 21.2. The Labute approximate surface area is 331 Å². The third kappa shape index (κ3) is 6.49. The first kappa shape index (κ1) is 43.5. The minimum atomic E-state index is -1.67. The maximum Gasteiger partial charge on any atom is 0.187 e. The van der Waals surface area contributed by atoms with Crippen molar-refractivity contribution in [3.05, 3.63) is 0 Å². The fraction of sp³-hybridized carbons (Fsp3) is 1.00. The van der Waals surface area contributed by atoms with Gasteiger partial charge >= 0.3 is 0 Å². The summed E-state index contributed by atoms with van der Waals surface area (Å²) in [5.74, 6) is -0.166. The molecule has 7 fully saturated rings. The average Bonchev–Trinajstić information content (AvgIpc) is 3.71. The highest BCUT2D eigenvalue weighted by atomic mass is 16.7. The van der Waals surface area contributed by atoms with E-state index in [-0.39, 0.29) is 40.6 Å². The Morgan fingerprint density at radius 1 is 0.732 bits per heavy atom. The summed E-state index contributed by atoms with van der Waals surface area (Å²) >= 11 is 0. The highest BCUT2D eigenvalue weighted by Gasteiger charge is 2.74. The molecule has 56 heavy (non-hydrogen) atoms. The normalized spacial score (nSPS) is 57.3. The van der Waals surface area contributed by atoms with Crippen LogP contribution in [0.1, 0.15) is 114 Å². The molecule has 0 aromatic heterocycles. The summed E-state index contributed by atoms with van der Waals surface area (Å²) in [6.07, 6.45) is -10.7. The van der Waals surface area contributed by atoms with Crippen LogP contribution in [0.25, 0.3) is 0 Å². The molecule has 14 heteroatoms. The quantitative estimate of drug-likeness (QED) is 0.166. The lowest BCUT2D eigenvalue weighted by atomic mass is 9.34. The monoisotopic (exact) mass is 800 g/mol. The molecule has 7 aliphatic rings. The Bertz CT molecular complexity index is 1420. The molecule has 22 atom stereocenters. The van der Waals surface area contributed by atoms with Crippen molar-refractivity contribution in [2.75, 3.05) is 6.61 Å². The van der Waals surface area contributed by atoms with E-state index in [9.17, 15) is 46.0 Å². The van der Waals surface area contributed by atoms with Gasteiger partial charge in [-0.15, -0.1) is 0 Å². The summed E-state index contributed by atoms with van der Waals surface area (Å²) in [5, 5.41) is 99.6. The summed E-state index contributed by atoms with van der Waals surface area (Å²) in [6.45, 7) is 17.6. The van der Waals surface area contributed by atoms with Crippen LogP contribution < -0.4 is 0 Å². The van der Waals surface area contributed by atoms with Crippen LogP contribution in [0.5, 0.6) is 0 Å². The Balaban J connectivity index is 1.19. The predicted octanol–water partition coefficient (Wildman–Crippen LogP) is 1.36.